The van der Waals surface area contributed by atoms with Gasteiger partial charge in [0.05, 0.1) is 29.7 Å². The fourth-order valence-electron chi connectivity index (χ4n) is 2.92. The summed E-state index contributed by atoms with van der Waals surface area (Å²) in [6, 6.07) is 10.8. The normalized spacial score (nSPS) is 13.2. The van der Waals surface area contributed by atoms with Gasteiger partial charge in [-0.15, -0.1) is 0 Å². The van der Waals surface area contributed by atoms with Gasteiger partial charge in [0.2, 0.25) is 11.8 Å². The van der Waals surface area contributed by atoms with E-state index in [-0.39, 0.29) is 25.5 Å². The number of rotatable bonds is 6. The first-order valence-electron chi connectivity index (χ1n) is 8.92. The molecule has 1 heterocycles. The molecule has 0 unspecified atom stereocenters. The third-order valence-corrected chi connectivity index (χ3v) is 5.18. The van der Waals surface area contributed by atoms with E-state index in [2.05, 4.69) is 10.6 Å². The lowest BCUT2D eigenvalue weighted by molar-refractivity contribution is -0.125. The van der Waals surface area contributed by atoms with Crippen LogP contribution in [0.4, 0.5) is 10.5 Å². The van der Waals surface area contributed by atoms with Gasteiger partial charge in [0.15, 0.2) is 0 Å². The average Bonchev–Trinajstić information content (AvgIpc) is 3.02. The molecule has 2 aromatic rings. The zero-order valence-corrected chi connectivity index (χ0v) is 17.5. The molecular formula is C20H18Cl2N4O4. The van der Waals surface area contributed by atoms with E-state index in [4.69, 9.17) is 23.2 Å². The molecule has 1 aliphatic heterocycles. The fraction of sp³-hybridized carbons (Fsp3) is 0.200. The Kier molecular flexibility index (Phi) is 6.59. The number of benzene rings is 2. The van der Waals surface area contributed by atoms with Gasteiger partial charge < -0.3 is 15.5 Å². The lowest BCUT2D eigenvalue weighted by Gasteiger charge is -2.20. The minimum atomic E-state index is -0.503. The predicted molar refractivity (Wildman–Crippen MR) is 112 cm³/mol. The first-order chi connectivity index (χ1) is 14.3. The van der Waals surface area contributed by atoms with Crippen LogP contribution in [0.3, 0.4) is 0 Å². The second-order valence-corrected chi connectivity index (χ2v) is 7.45. The van der Waals surface area contributed by atoms with E-state index >= 15 is 0 Å². The van der Waals surface area contributed by atoms with Crippen molar-refractivity contribution in [3.8, 4) is 0 Å². The summed E-state index contributed by atoms with van der Waals surface area (Å²) in [4.78, 5) is 51.1. The summed E-state index contributed by atoms with van der Waals surface area (Å²) in [5.74, 6) is -1.20. The number of nitrogens with one attached hydrogen (secondary N) is 2. The number of amides is 5. The summed E-state index contributed by atoms with van der Waals surface area (Å²) in [5.41, 5.74) is 1.26. The quantitative estimate of drug-likeness (QED) is 0.663. The van der Waals surface area contributed by atoms with Crippen molar-refractivity contribution >= 4 is 52.6 Å². The molecule has 0 aliphatic carbocycles. The highest BCUT2D eigenvalue weighted by atomic mass is 35.5. The zero-order valence-electron chi connectivity index (χ0n) is 15.9. The molecule has 0 saturated carbocycles. The minimum Gasteiger partial charge on any atom is -0.332 e. The average molecular weight is 449 g/mol. The number of anilines is 1. The van der Waals surface area contributed by atoms with Crippen LogP contribution in [0.1, 0.15) is 15.9 Å². The van der Waals surface area contributed by atoms with Gasteiger partial charge in [-0.25, -0.2) is 4.79 Å². The van der Waals surface area contributed by atoms with Crippen molar-refractivity contribution < 1.29 is 19.2 Å². The molecule has 2 aromatic carbocycles. The molecule has 1 aliphatic rings. The maximum Gasteiger partial charge on any atom is 0.324 e. The lowest BCUT2D eigenvalue weighted by atomic mass is 10.1. The van der Waals surface area contributed by atoms with Gasteiger partial charge in [-0.3, -0.25) is 19.3 Å². The van der Waals surface area contributed by atoms with Gasteiger partial charge in [0.25, 0.3) is 5.91 Å². The van der Waals surface area contributed by atoms with Crippen LogP contribution in [-0.2, 0) is 16.1 Å². The lowest BCUT2D eigenvalue weighted by Crippen LogP contribution is -2.36. The van der Waals surface area contributed by atoms with Crippen molar-refractivity contribution in [2.24, 2.45) is 0 Å². The van der Waals surface area contributed by atoms with E-state index in [1.807, 2.05) is 0 Å². The molecule has 0 bridgehead atoms. The van der Waals surface area contributed by atoms with E-state index in [1.165, 1.54) is 18.0 Å². The minimum absolute atomic E-state index is 0.0319. The number of hydrogen-bond acceptors (Lipinski definition) is 4. The van der Waals surface area contributed by atoms with Gasteiger partial charge in [0.1, 0.15) is 0 Å². The van der Waals surface area contributed by atoms with Gasteiger partial charge in [-0.1, -0.05) is 41.4 Å². The maximum absolute atomic E-state index is 12.9. The van der Waals surface area contributed by atoms with Crippen LogP contribution < -0.4 is 10.6 Å². The number of likely N-dealkylation sites (N-methyl/N-ethyl adjacent to an activating group) is 1. The highest BCUT2D eigenvalue weighted by Crippen LogP contribution is 2.25. The molecule has 30 heavy (non-hydrogen) atoms. The van der Waals surface area contributed by atoms with E-state index in [0.717, 1.165) is 4.90 Å². The number of urea groups is 1. The molecule has 5 amide bonds. The molecular weight excluding hydrogens is 431 g/mol. The van der Waals surface area contributed by atoms with Crippen LogP contribution in [0, 0.1) is 0 Å². The largest absolute Gasteiger partial charge is 0.332 e. The Labute approximate surface area is 182 Å². The zero-order chi connectivity index (χ0) is 21.8. The van der Waals surface area contributed by atoms with Crippen molar-refractivity contribution in [3.63, 3.8) is 0 Å². The van der Waals surface area contributed by atoms with Crippen molar-refractivity contribution in [1.82, 2.24) is 15.1 Å². The molecule has 0 spiro atoms. The summed E-state index contributed by atoms with van der Waals surface area (Å²) in [6.07, 6.45) is 0. The first kappa shape index (κ1) is 21.6. The van der Waals surface area contributed by atoms with E-state index < -0.39 is 17.8 Å². The monoisotopic (exact) mass is 448 g/mol. The molecule has 0 atom stereocenters. The van der Waals surface area contributed by atoms with Crippen LogP contribution in [0.2, 0.25) is 10.0 Å². The van der Waals surface area contributed by atoms with Crippen LogP contribution in [0.25, 0.3) is 0 Å². The van der Waals surface area contributed by atoms with Crippen molar-refractivity contribution in [3.05, 3.63) is 63.6 Å². The number of imide groups is 1. The van der Waals surface area contributed by atoms with Crippen LogP contribution in [0.5, 0.6) is 0 Å². The van der Waals surface area contributed by atoms with E-state index in [9.17, 15) is 19.2 Å². The van der Waals surface area contributed by atoms with Crippen LogP contribution in [-0.4, -0.2) is 53.7 Å². The molecule has 3 rings (SSSR count). The van der Waals surface area contributed by atoms with Gasteiger partial charge in [-0.05, 0) is 29.8 Å². The number of hydrogen-bond donors (Lipinski definition) is 2. The smallest absolute Gasteiger partial charge is 0.324 e. The molecule has 0 aromatic heterocycles. The highest BCUT2D eigenvalue weighted by Gasteiger charge is 2.29. The SMILES string of the molecule is CN(CC(=O)Nc1ccc(Cl)c(Cl)c1)C(=O)c1ccccc1CN1C(=O)CNC1=O. The van der Waals surface area contributed by atoms with Gasteiger partial charge in [-0.2, -0.15) is 0 Å². The van der Waals surface area contributed by atoms with Gasteiger partial charge >= 0.3 is 6.03 Å². The summed E-state index contributed by atoms with van der Waals surface area (Å²) < 4.78 is 0. The maximum atomic E-state index is 12.9. The van der Waals surface area contributed by atoms with Crippen molar-refractivity contribution in [1.29, 1.82) is 0 Å². The summed E-state index contributed by atoms with van der Waals surface area (Å²) >= 11 is 11.8. The first-order valence-corrected chi connectivity index (χ1v) is 9.68. The fourth-order valence-corrected chi connectivity index (χ4v) is 3.22. The Morgan fingerprint density at radius 2 is 1.87 bits per heavy atom. The Morgan fingerprint density at radius 1 is 1.13 bits per heavy atom. The molecule has 1 saturated heterocycles. The Morgan fingerprint density at radius 3 is 2.53 bits per heavy atom. The summed E-state index contributed by atoms with van der Waals surface area (Å²) in [5, 5.41) is 5.75. The topological polar surface area (TPSA) is 98.8 Å². The Bertz CT molecular complexity index is 1010. The highest BCUT2D eigenvalue weighted by molar-refractivity contribution is 6.42. The molecule has 10 heteroatoms. The Balaban J connectivity index is 1.68. The van der Waals surface area contributed by atoms with Crippen LogP contribution >= 0.6 is 23.2 Å². The molecule has 156 valence electrons. The van der Waals surface area contributed by atoms with Crippen molar-refractivity contribution in [2.45, 2.75) is 6.54 Å². The van der Waals surface area contributed by atoms with Crippen molar-refractivity contribution in [2.75, 3.05) is 25.5 Å². The van der Waals surface area contributed by atoms with E-state index in [1.54, 1.807) is 36.4 Å². The number of halogens is 2. The third kappa shape index (κ3) is 4.90. The van der Waals surface area contributed by atoms with Gasteiger partial charge in [0, 0.05) is 18.3 Å². The summed E-state index contributed by atoms with van der Waals surface area (Å²) in [6.45, 7) is -0.309. The van der Waals surface area contributed by atoms with Crippen LogP contribution in [0.15, 0.2) is 42.5 Å². The molecule has 1 fully saturated rings. The van der Waals surface area contributed by atoms with E-state index in [0.29, 0.717) is 26.9 Å². The second-order valence-electron chi connectivity index (χ2n) is 6.63. The second kappa shape index (κ2) is 9.15. The summed E-state index contributed by atoms with van der Waals surface area (Å²) in [7, 11) is 1.49. The molecule has 2 N–H and O–H groups in total. The third-order valence-electron chi connectivity index (χ3n) is 4.44. The molecule has 0 radical (unpaired) electrons. The predicted octanol–water partition coefficient (Wildman–Crippen LogP) is 2.76. The number of carbonyl (C=O) groups excluding carboxylic acids is 4. The Hall–Kier alpha value is -3.10. The number of nitrogens with zero attached hydrogens (tertiary/aromatic N) is 2. The standard InChI is InChI=1S/C20H18Cl2N4O4/c1-25(11-17(27)24-13-6-7-15(21)16(22)8-13)19(29)14-5-3-2-4-12(14)10-26-18(28)9-23-20(26)30/h2-8H,9-11H2,1H3,(H,23,30)(H,24,27). The number of carbonyl (C=O) groups is 4. The molecule has 8 nitrogen and oxygen atoms in total.